The number of halogens is 4. The van der Waals surface area contributed by atoms with Crippen molar-refractivity contribution in [1.29, 1.82) is 0 Å². The van der Waals surface area contributed by atoms with Crippen LogP contribution in [-0.4, -0.2) is 50.9 Å². The van der Waals surface area contributed by atoms with E-state index in [1.165, 1.54) is 6.07 Å². The molecule has 4 bridgehead atoms. The van der Waals surface area contributed by atoms with E-state index in [-0.39, 0.29) is 48.4 Å². The van der Waals surface area contributed by atoms with Gasteiger partial charge >= 0.3 is 6.18 Å². The number of carbonyl (C=O) groups excluding carboxylic acids is 2. The van der Waals surface area contributed by atoms with Crippen LogP contribution in [0.2, 0.25) is 5.02 Å². The predicted octanol–water partition coefficient (Wildman–Crippen LogP) is 4.25. The van der Waals surface area contributed by atoms with Crippen LogP contribution in [0.25, 0.3) is 0 Å². The molecular weight excluding hydrogens is 521 g/mol. The van der Waals surface area contributed by atoms with E-state index in [1.807, 2.05) is 0 Å². The Labute approximate surface area is 213 Å². The molecule has 200 valence electrons. The molecule has 1 aromatic rings. The molecule has 2 amide bonds. The van der Waals surface area contributed by atoms with Crippen molar-refractivity contribution < 1.29 is 31.9 Å². The lowest BCUT2D eigenvalue weighted by atomic mass is 9.47. The summed E-state index contributed by atoms with van der Waals surface area (Å²) in [4.78, 5) is 25.2. The van der Waals surface area contributed by atoms with E-state index >= 15 is 0 Å². The van der Waals surface area contributed by atoms with E-state index < -0.39 is 39.7 Å². The van der Waals surface area contributed by atoms with Gasteiger partial charge in [0.2, 0.25) is 11.8 Å². The van der Waals surface area contributed by atoms with Gasteiger partial charge in [0.05, 0.1) is 17.8 Å². The molecule has 2 unspecified atom stereocenters. The molecule has 0 radical (unpaired) electrons. The molecule has 1 aliphatic heterocycles. The van der Waals surface area contributed by atoms with Crippen molar-refractivity contribution in [1.82, 2.24) is 9.62 Å². The van der Waals surface area contributed by atoms with Gasteiger partial charge < -0.3 is 11.1 Å². The van der Waals surface area contributed by atoms with Gasteiger partial charge in [0.1, 0.15) is 0 Å². The monoisotopic (exact) mass is 550 g/mol. The van der Waals surface area contributed by atoms with Gasteiger partial charge in [0.25, 0.3) is 0 Å². The second kappa shape index (κ2) is 8.93. The first kappa shape index (κ1) is 25.9. The highest BCUT2D eigenvalue weighted by Crippen LogP contribution is 2.60. The fraction of sp³-hybridized carbons (Fsp3) is 0.652. The zero-order valence-corrected chi connectivity index (χ0v) is 21.1. The van der Waals surface area contributed by atoms with Gasteiger partial charge in [-0.25, -0.2) is 0 Å². The lowest BCUT2D eigenvalue weighted by molar-refractivity contribution is -0.147. The number of carbonyl (C=O) groups is 2. The summed E-state index contributed by atoms with van der Waals surface area (Å²) in [5.74, 6) is 0.000612. The summed E-state index contributed by atoms with van der Waals surface area (Å²) in [7, 11) is -3.89. The number of nitrogens with one attached hydrogen (secondary N) is 1. The van der Waals surface area contributed by atoms with Gasteiger partial charge in [-0.05, 0) is 85.4 Å². The van der Waals surface area contributed by atoms with Crippen LogP contribution in [0, 0.1) is 23.2 Å². The van der Waals surface area contributed by atoms with E-state index in [0.717, 1.165) is 40.0 Å². The van der Waals surface area contributed by atoms with Crippen molar-refractivity contribution in [3.63, 3.8) is 0 Å². The maximum Gasteiger partial charge on any atom is 0.418 e. The molecule has 5 aliphatic rings. The third-order valence-corrected chi connectivity index (χ3v) is 10.6. The molecule has 13 heteroatoms. The number of benzene rings is 1. The average Bonchev–Trinajstić information content (AvgIpc) is 2.77. The molecule has 0 spiro atoms. The molecule has 36 heavy (non-hydrogen) atoms. The van der Waals surface area contributed by atoms with Crippen molar-refractivity contribution in [3.05, 3.63) is 28.8 Å². The third kappa shape index (κ3) is 4.44. The number of rotatable bonds is 5. The van der Waals surface area contributed by atoms with Crippen molar-refractivity contribution in [3.8, 4) is 0 Å². The van der Waals surface area contributed by atoms with Gasteiger partial charge in [-0.3, -0.25) is 23.0 Å². The second-order valence-electron chi connectivity index (χ2n) is 10.7. The maximum atomic E-state index is 13.7. The van der Waals surface area contributed by atoms with Gasteiger partial charge in [-0.2, -0.15) is 17.5 Å². The van der Waals surface area contributed by atoms with E-state index in [2.05, 4.69) is 5.32 Å². The molecular formula is C23H30ClF3N4O4S. The second-order valence-corrected chi connectivity index (χ2v) is 13.0. The number of alkyl halides is 3. The van der Waals surface area contributed by atoms with Crippen LogP contribution in [0.1, 0.15) is 44.1 Å². The number of amides is 2. The van der Waals surface area contributed by atoms with Crippen LogP contribution in [0.3, 0.4) is 0 Å². The first-order valence-corrected chi connectivity index (χ1v) is 13.9. The fourth-order valence-corrected chi connectivity index (χ4v) is 9.01. The standard InChI is InChI=1S/C23H30ClF3N4O4S/c24-16-2-3-18(17(8-16)23(25,26)27)31-5-1-4-30(36(31,34)35)12-19(32)29-20-14-6-13-7-15(20)11-22(9-13,10-14)21(28)33/h2-3,8,13-15,20,34-35H,1,4-7,9-12H2,(H2,28,33)(H,29,32). The Balaban J connectivity index is 1.30. The fourth-order valence-electron chi connectivity index (χ4n) is 7.10. The van der Waals surface area contributed by atoms with Crippen LogP contribution in [0.15, 0.2) is 18.2 Å². The summed E-state index contributed by atoms with van der Waals surface area (Å²) in [5.41, 5.74) is 3.77. The minimum absolute atomic E-state index is 0.0193. The van der Waals surface area contributed by atoms with Gasteiger partial charge in [0, 0.05) is 29.6 Å². The summed E-state index contributed by atoms with van der Waals surface area (Å²) in [6, 6.07) is 3.01. The molecule has 1 heterocycles. The van der Waals surface area contributed by atoms with Gasteiger partial charge in [0.15, 0.2) is 0 Å². The largest absolute Gasteiger partial charge is 0.418 e. The van der Waals surface area contributed by atoms with E-state index in [4.69, 9.17) is 17.3 Å². The minimum Gasteiger partial charge on any atom is -0.369 e. The Morgan fingerprint density at radius 2 is 1.83 bits per heavy atom. The molecule has 6 rings (SSSR count). The van der Waals surface area contributed by atoms with E-state index in [9.17, 15) is 31.9 Å². The van der Waals surface area contributed by atoms with Crippen LogP contribution < -0.4 is 15.4 Å². The summed E-state index contributed by atoms with van der Waals surface area (Å²) in [6.45, 7) is -0.242. The summed E-state index contributed by atoms with van der Waals surface area (Å²) in [5, 5.41) is 2.92. The van der Waals surface area contributed by atoms with Gasteiger partial charge in [-0.15, -0.1) is 0 Å². The Hall–Kier alpha value is -1.73. The smallest absolute Gasteiger partial charge is 0.369 e. The Morgan fingerprint density at radius 1 is 1.17 bits per heavy atom. The van der Waals surface area contributed by atoms with E-state index in [0.29, 0.717) is 25.2 Å². The Morgan fingerprint density at radius 3 is 2.44 bits per heavy atom. The van der Waals surface area contributed by atoms with Crippen LogP contribution in [-0.2, 0) is 15.8 Å². The van der Waals surface area contributed by atoms with E-state index in [1.54, 1.807) is 0 Å². The predicted molar refractivity (Wildman–Crippen MR) is 130 cm³/mol. The zero-order valence-electron chi connectivity index (χ0n) is 19.5. The molecule has 5 fully saturated rings. The molecule has 1 saturated heterocycles. The highest BCUT2D eigenvalue weighted by molar-refractivity contribution is 8.23. The van der Waals surface area contributed by atoms with Gasteiger partial charge in [-0.1, -0.05) is 11.6 Å². The SMILES string of the molecule is NC(=O)C12CC3CC(C1)C(NC(=O)CN1CCCN(c4ccc(Cl)cc4C(F)(F)F)S1(O)O)C(C3)C2. The Bertz CT molecular complexity index is 1060. The Kier molecular flexibility index (Phi) is 6.43. The molecule has 0 aromatic heterocycles. The topological polar surface area (TPSA) is 119 Å². The maximum absolute atomic E-state index is 13.7. The molecule has 4 saturated carbocycles. The first-order valence-electron chi connectivity index (χ1n) is 12.1. The summed E-state index contributed by atoms with van der Waals surface area (Å²) in [6.07, 6.45) is -0.490. The highest BCUT2D eigenvalue weighted by atomic mass is 35.5. The van der Waals surface area contributed by atoms with Crippen molar-refractivity contribution in [2.75, 3.05) is 23.9 Å². The van der Waals surface area contributed by atoms with Crippen molar-refractivity contribution in [2.24, 2.45) is 28.9 Å². The molecule has 1 aromatic carbocycles. The van der Waals surface area contributed by atoms with Crippen LogP contribution in [0.5, 0.6) is 0 Å². The quantitative estimate of drug-likeness (QED) is 0.435. The lowest BCUT2D eigenvalue weighted by Crippen LogP contribution is -2.62. The molecule has 2 atom stereocenters. The first-order chi connectivity index (χ1) is 16.8. The minimum atomic E-state index is -4.75. The molecule has 4 aliphatic carbocycles. The third-order valence-electron chi connectivity index (χ3n) is 8.39. The number of nitrogens with zero attached hydrogens (tertiary/aromatic N) is 2. The lowest BCUT2D eigenvalue weighted by Gasteiger charge is -2.59. The molecule has 8 nitrogen and oxygen atoms in total. The van der Waals surface area contributed by atoms with Crippen LogP contribution >= 0.6 is 22.6 Å². The van der Waals surface area contributed by atoms with Crippen molar-refractivity contribution in [2.45, 2.75) is 50.7 Å². The number of anilines is 1. The normalized spacial score (nSPS) is 34.4. The number of primary amides is 1. The summed E-state index contributed by atoms with van der Waals surface area (Å²) >= 11 is 5.78. The average molecular weight is 551 g/mol. The zero-order chi connectivity index (χ0) is 26.0. The highest BCUT2D eigenvalue weighted by Gasteiger charge is 2.58. The number of nitrogens with two attached hydrogens (primary N) is 1. The summed E-state index contributed by atoms with van der Waals surface area (Å²) < 4.78 is 65.1. The number of hydrogen-bond donors (Lipinski definition) is 4. The van der Waals surface area contributed by atoms with Crippen LogP contribution in [0.4, 0.5) is 18.9 Å². The van der Waals surface area contributed by atoms with Crippen molar-refractivity contribution >= 4 is 40.1 Å². The molecule has 5 N–H and O–H groups in total. The number of hydrogen-bond acceptors (Lipinski definition) is 6.